The highest BCUT2D eigenvalue weighted by Gasteiger charge is 2.24. The van der Waals surface area contributed by atoms with Crippen molar-refractivity contribution in [3.8, 4) is 0 Å². The first-order chi connectivity index (χ1) is 7.69. The van der Waals surface area contributed by atoms with E-state index in [2.05, 4.69) is 5.32 Å². The van der Waals surface area contributed by atoms with Gasteiger partial charge < -0.3 is 15.3 Å². The monoisotopic (exact) mass is 228 g/mol. The zero-order valence-electron chi connectivity index (χ0n) is 10.4. The Morgan fingerprint density at radius 2 is 2.06 bits per heavy atom. The molecule has 0 aliphatic heterocycles. The number of hydrogen-bond acceptors (Lipinski definition) is 3. The minimum Gasteiger partial charge on any atom is -0.392 e. The Balaban J connectivity index is 2.17. The number of nitrogens with one attached hydrogen (secondary N) is 1. The Hall–Kier alpha value is -0.610. The van der Waals surface area contributed by atoms with Gasteiger partial charge in [-0.25, -0.2) is 0 Å². The van der Waals surface area contributed by atoms with E-state index in [0.717, 1.165) is 32.4 Å². The molecule has 0 aromatic rings. The van der Waals surface area contributed by atoms with E-state index in [9.17, 15) is 9.90 Å². The van der Waals surface area contributed by atoms with Crippen molar-refractivity contribution in [2.45, 2.75) is 51.7 Å². The molecule has 1 rings (SSSR count). The molecule has 0 saturated heterocycles. The first-order valence-electron chi connectivity index (χ1n) is 6.38. The highest BCUT2D eigenvalue weighted by Crippen LogP contribution is 2.18. The van der Waals surface area contributed by atoms with Crippen molar-refractivity contribution in [2.24, 2.45) is 0 Å². The summed E-state index contributed by atoms with van der Waals surface area (Å²) in [6.45, 7) is 6.23. The lowest BCUT2D eigenvalue weighted by Crippen LogP contribution is -2.39. The van der Waals surface area contributed by atoms with Gasteiger partial charge in [0.2, 0.25) is 5.91 Å². The highest BCUT2D eigenvalue weighted by molar-refractivity contribution is 5.76. The van der Waals surface area contributed by atoms with Gasteiger partial charge in [-0.2, -0.15) is 0 Å². The number of rotatable bonds is 6. The number of hydrogen-bond donors (Lipinski definition) is 2. The molecule has 94 valence electrons. The maximum atomic E-state index is 11.7. The summed E-state index contributed by atoms with van der Waals surface area (Å²) in [6.07, 6.45) is 3.32. The first-order valence-corrected chi connectivity index (χ1v) is 6.38. The molecule has 4 nitrogen and oxygen atoms in total. The molecule has 1 amide bonds. The van der Waals surface area contributed by atoms with E-state index in [1.54, 1.807) is 0 Å². The predicted octanol–water partition coefficient (Wildman–Crippen LogP) is 0.748. The van der Waals surface area contributed by atoms with Gasteiger partial charge in [0.05, 0.1) is 6.10 Å². The standard InChI is InChI=1S/C12H24N2O2/c1-3-14(4-2)12(16)8-9-13-10-6-5-7-11(10)15/h10-11,13,15H,3-9H2,1-2H3/t10-,11-/m0/s1. The van der Waals surface area contributed by atoms with E-state index in [1.807, 2.05) is 18.7 Å². The molecule has 1 aliphatic carbocycles. The minimum atomic E-state index is -0.219. The third-order valence-corrected chi connectivity index (χ3v) is 3.34. The fourth-order valence-electron chi connectivity index (χ4n) is 2.28. The van der Waals surface area contributed by atoms with Crippen molar-refractivity contribution in [1.82, 2.24) is 10.2 Å². The summed E-state index contributed by atoms with van der Waals surface area (Å²) in [4.78, 5) is 13.5. The van der Waals surface area contributed by atoms with Crippen LogP contribution < -0.4 is 5.32 Å². The number of carbonyl (C=O) groups excluding carboxylic acids is 1. The Kier molecular flexibility index (Phi) is 5.77. The van der Waals surface area contributed by atoms with Gasteiger partial charge in [0.15, 0.2) is 0 Å². The van der Waals surface area contributed by atoms with E-state index in [-0.39, 0.29) is 18.1 Å². The number of carbonyl (C=O) groups is 1. The van der Waals surface area contributed by atoms with Crippen LogP contribution in [0.1, 0.15) is 39.5 Å². The van der Waals surface area contributed by atoms with Crippen molar-refractivity contribution in [3.05, 3.63) is 0 Å². The smallest absolute Gasteiger partial charge is 0.223 e. The molecule has 0 spiro atoms. The second-order valence-corrected chi connectivity index (χ2v) is 4.37. The van der Waals surface area contributed by atoms with Crippen LogP contribution in [0.4, 0.5) is 0 Å². The average molecular weight is 228 g/mol. The molecule has 0 heterocycles. The van der Waals surface area contributed by atoms with Crippen molar-refractivity contribution >= 4 is 5.91 Å². The highest BCUT2D eigenvalue weighted by atomic mass is 16.3. The normalized spacial score (nSPS) is 24.7. The largest absolute Gasteiger partial charge is 0.392 e. The lowest BCUT2D eigenvalue weighted by Gasteiger charge is -2.20. The number of nitrogens with zero attached hydrogens (tertiary/aromatic N) is 1. The van der Waals surface area contributed by atoms with Crippen molar-refractivity contribution in [3.63, 3.8) is 0 Å². The second-order valence-electron chi connectivity index (χ2n) is 4.37. The molecule has 0 bridgehead atoms. The van der Waals surface area contributed by atoms with Gasteiger partial charge >= 0.3 is 0 Å². The maximum absolute atomic E-state index is 11.7. The predicted molar refractivity (Wildman–Crippen MR) is 64.2 cm³/mol. The van der Waals surface area contributed by atoms with E-state index in [0.29, 0.717) is 13.0 Å². The van der Waals surface area contributed by atoms with Crippen LogP contribution in [0.5, 0.6) is 0 Å². The van der Waals surface area contributed by atoms with Crippen LogP contribution in [0.3, 0.4) is 0 Å². The van der Waals surface area contributed by atoms with Gasteiger partial charge in [-0.15, -0.1) is 0 Å². The first kappa shape index (κ1) is 13.5. The Morgan fingerprint density at radius 1 is 1.38 bits per heavy atom. The van der Waals surface area contributed by atoms with E-state index >= 15 is 0 Å². The molecule has 0 aromatic carbocycles. The summed E-state index contributed by atoms with van der Waals surface area (Å²) in [5.41, 5.74) is 0. The third-order valence-electron chi connectivity index (χ3n) is 3.34. The molecule has 1 fully saturated rings. The SMILES string of the molecule is CCN(CC)C(=O)CCN[C@H]1CCC[C@@H]1O. The summed E-state index contributed by atoms with van der Waals surface area (Å²) >= 11 is 0. The minimum absolute atomic E-state index is 0.199. The summed E-state index contributed by atoms with van der Waals surface area (Å²) in [7, 11) is 0. The molecular formula is C12H24N2O2. The molecule has 1 aliphatic rings. The molecular weight excluding hydrogens is 204 g/mol. The van der Waals surface area contributed by atoms with Crippen LogP contribution >= 0.6 is 0 Å². The van der Waals surface area contributed by atoms with Gasteiger partial charge in [-0.05, 0) is 33.1 Å². The Labute approximate surface area is 98.0 Å². The summed E-state index contributed by atoms with van der Waals surface area (Å²) < 4.78 is 0. The fourth-order valence-corrected chi connectivity index (χ4v) is 2.28. The van der Waals surface area contributed by atoms with Gasteiger partial charge in [-0.3, -0.25) is 4.79 Å². The summed E-state index contributed by atoms with van der Waals surface area (Å²) in [5.74, 6) is 0.199. The van der Waals surface area contributed by atoms with Crippen molar-refractivity contribution in [1.29, 1.82) is 0 Å². The number of amides is 1. The van der Waals surface area contributed by atoms with E-state index in [4.69, 9.17) is 0 Å². The molecule has 0 unspecified atom stereocenters. The molecule has 0 radical (unpaired) electrons. The van der Waals surface area contributed by atoms with Gasteiger partial charge in [0.25, 0.3) is 0 Å². The number of aliphatic hydroxyl groups excluding tert-OH is 1. The molecule has 2 N–H and O–H groups in total. The van der Waals surface area contributed by atoms with E-state index < -0.39 is 0 Å². The second kappa shape index (κ2) is 6.86. The molecule has 1 saturated carbocycles. The van der Waals surface area contributed by atoms with Gasteiger partial charge in [-0.1, -0.05) is 0 Å². The lowest BCUT2D eigenvalue weighted by atomic mass is 10.2. The van der Waals surface area contributed by atoms with Crippen LogP contribution in [0, 0.1) is 0 Å². The molecule has 2 atom stereocenters. The number of aliphatic hydroxyl groups is 1. The summed E-state index contributed by atoms with van der Waals surface area (Å²) in [6, 6.07) is 0.199. The molecule has 16 heavy (non-hydrogen) atoms. The van der Waals surface area contributed by atoms with Crippen molar-refractivity contribution in [2.75, 3.05) is 19.6 Å². The van der Waals surface area contributed by atoms with Crippen LogP contribution in [-0.2, 0) is 4.79 Å². The van der Waals surface area contributed by atoms with E-state index in [1.165, 1.54) is 0 Å². The van der Waals surface area contributed by atoms with Crippen LogP contribution in [-0.4, -0.2) is 47.7 Å². The Morgan fingerprint density at radius 3 is 2.56 bits per heavy atom. The van der Waals surface area contributed by atoms with Gasteiger partial charge in [0.1, 0.15) is 0 Å². The lowest BCUT2D eigenvalue weighted by molar-refractivity contribution is -0.130. The zero-order valence-corrected chi connectivity index (χ0v) is 10.4. The Bertz CT molecular complexity index is 217. The molecule has 4 heteroatoms. The topological polar surface area (TPSA) is 52.6 Å². The van der Waals surface area contributed by atoms with Crippen molar-refractivity contribution < 1.29 is 9.90 Å². The fraction of sp³-hybridized carbons (Fsp3) is 0.917. The summed E-state index contributed by atoms with van der Waals surface area (Å²) in [5, 5.41) is 12.9. The van der Waals surface area contributed by atoms with Crippen LogP contribution in [0.25, 0.3) is 0 Å². The third kappa shape index (κ3) is 3.76. The quantitative estimate of drug-likeness (QED) is 0.705. The van der Waals surface area contributed by atoms with Crippen LogP contribution in [0.15, 0.2) is 0 Å². The average Bonchev–Trinajstić information content (AvgIpc) is 2.66. The van der Waals surface area contributed by atoms with Crippen LogP contribution in [0.2, 0.25) is 0 Å². The van der Waals surface area contributed by atoms with Gasteiger partial charge in [0, 0.05) is 32.1 Å². The maximum Gasteiger partial charge on any atom is 0.223 e. The zero-order chi connectivity index (χ0) is 12.0. The molecule has 0 aromatic heterocycles.